The van der Waals surface area contributed by atoms with Crippen molar-refractivity contribution in [2.45, 2.75) is 52.1 Å². The van der Waals surface area contributed by atoms with Crippen molar-refractivity contribution in [3.63, 3.8) is 0 Å². The molecule has 2 aliphatic heterocycles. The standard InChI is InChI=1S/C29H36N4O2/c1-22(2)27(34)31-26(25-6-4-3-5-7-25)12-16-32-17-13-29(14-18-32)15-19-33(28(29)35)21-24-10-8-23(20-30)9-11-24/h3-11,22,26H,12-19,21H2,1-2H3,(H,31,34). The molecule has 184 valence electrons. The number of piperidine rings is 1. The molecule has 6 nitrogen and oxygen atoms in total. The van der Waals surface area contributed by atoms with Crippen molar-refractivity contribution < 1.29 is 9.59 Å². The summed E-state index contributed by atoms with van der Waals surface area (Å²) in [6.07, 6.45) is 3.56. The first-order valence-electron chi connectivity index (χ1n) is 12.8. The fourth-order valence-electron chi connectivity index (χ4n) is 5.27. The molecule has 1 spiro atoms. The third kappa shape index (κ3) is 5.91. The molecular weight excluding hydrogens is 436 g/mol. The molecule has 2 aliphatic rings. The van der Waals surface area contributed by atoms with Gasteiger partial charge in [0.25, 0.3) is 0 Å². The normalized spacial score (nSPS) is 18.6. The number of carbonyl (C=O) groups is 2. The third-order valence-electron chi connectivity index (χ3n) is 7.65. The molecule has 2 fully saturated rings. The Kier molecular flexibility index (Phi) is 7.87. The van der Waals surface area contributed by atoms with E-state index in [9.17, 15) is 9.59 Å². The molecule has 1 unspecified atom stereocenters. The minimum atomic E-state index is -0.228. The molecular formula is C29H36N4O2. The fourth-order valence-corrected chi connectivity index (χ4v) is 5.27. The van der Waals surface area contributed by atoms with Crippen molar-refractivity contribution in [2.75, 3.05) is 26.2 Å². The highest BCUT2D eigenvalue weighted by Gasteiger charge is 2.47. The summed E-state index contributed by atoms with van der Waals surface area (Å²) in [5, 5.41) is 12.2. The van der Waals surface area contributed by atoms with Gasteiger partial charge in [-0.1, -0.05) is 56.3 Å². The summed E-state index contributed by atoms with van der Waals surface area (Å²) in [4.78, 5) is 30.2. The van der Waals surface area contributed by atoms with E-state index in [4.69, 9.17) is 5.26 Å². The van der Waals surface area contributed by atoms with Gasteiger partial charge in [-0.15, -0.1) is 0 Å². The predicted octanol–water partition coefficient (Wildman–Crippen LogP) is 4.28. The monoisotopic (exact) mass is 472 g/mol. The van der Waals surface area contributed by atoms with E-state index in [2.05, 4.69) is 28.4 Å². The maximum atomic E-state index is 13.4. The topological polar surface area (TPSA) is 76.4 Å². The zero-order valence-corrected chi connectivity index (χ0v) is 20.9. The van der Waals surface area contributed by atoms with Crippen molar-refractivity contribution in [1.29, 1.82) is 5.26 Å². The Morgan fingerprint density at radius 1 is 1.03 bits per heavy atom. The zero-order chi connectivity index (χ0) is 24.8. The van der Waals surface area contributed by atoms with E-state index in [1.807, 2.05) is 61.2 Å². The molecule has 2 heterocycles. The van der Waals surface area contributed by atoms with Crippen LogP contribution in [0.4, 0.5) is 0 Å². The number of amides is 2. The summed E-state index contributed by atoms with van der Waals surface area (Å²) < 4.78 is 0. The summed E-state index contributed by atoms with van der Waals surface area (Å²) in [6, 6.07) is 19.9. The van der Waals surface area contributed by atoms with Crippen LogP contribution in [0.1, 0.15) is 62.3 Å². The second-order valence-corrected chi connectivity index (χ2v) is 10.3. The average Bonchev–Trinajstić information content (AvgIpc) is 3.18. The smallest absolute Gasteiger partial charge is 0.229 e. The summed E-state index contributed by atoms with van der Waals surface area (Å²) in [7, 11) is 0. The molecule has 2 amide bonds. The highest BCUT2D eigenvalue weighted by Crippen LogP contribution is 2.42. The van der Waals surface area contributed by atoms with Crippen LogP contribution in [-0.2, 0) is 16.1 Å². The van der Waals surface area contributed by atoms with E-state index in [0.29, 0.717) is 12.1 Å². The van der Waals surface area contributed by atoms with Crippen molar-refractivity contribution in [3.05, 3.63) is 71.3 Å². The molecule has 2 aromatic rings. The summed E-state index contributed by atoms with van der Waals surface area (Å²) in [6.45, 7) is 7.99. The Labute approximate surface area is 208 Å². The number of likely N-dealkylation sites (tertiary alicyclic amines) is 2. The number of hydrogen-bond donors (Lipinski definition) is 1. The lowest BCUT2D eigenvalue weighted by atomic mass is 9.77. The Balaban J connectivity index is 1.31. The Morgan fingerprint density at radius 3 is 2.31 bits per heavy atom. The van der Waals surface area contributed by atoms with Crippen LogP contribution in [0.5, 0.6) is 0 Å². The first-order valence-corrected chi connectivity index (χ1v) is 12.8. The van der Waals surface area contributed by atoms with Crippen molar-refractivity contribution >= 4 is 11.8 Å². The number of carbonyl (C=O) groups excluding carboxylic acids is 2. The van der Waals surface area contributed by atoms with Crippen LogP contribution < -0.4 is 5.32 Å². The van der Waals surface area contributed by atoms with Crippen LogP contribution in [0, 0.1) is 22.7 Å². The molecule has 0 aromatic heterocycles. The van der Waals surface area contributed by atoms with Crippen LogP contribution in [-0.4, -0.2) is 47.8 Å². The van der Waals surface area contributed by atoms with E-state index in [0.717, 1.165) is 63.0 Å². The second kappa shape index (κ2) is 11.0. The molecule has 0 radical (unpaired) electrons. The predicted molar refractivity (Wildman–Crippen MR) is 136 cm³/mol. The van der Waals surface area contributed by atoms with Gasteiger partial charge in [0, 0.05) is 25.6 Å². The number of rotatable bonds is 8. The Morgan fingerprint density at radius 2 is 1.69 bits per heavy atom. The molecule has 2 aromatic carbocycles. The van der Waals surface area contributed by atoms with Gasteiger partial charge in [0.15, 0.2) is 0 Å². The molecule has 1 N–H and O–H groups in total. The molecule has 0 bridgehead atoms. The van der Waals surface area contributed by atoms with Gasteiger partial charge in [0.05, 0.1) is 23.1 Å². The van der Waals surface area contributed by atoms with Crippen molar-refractivity contribution in [1.82, 2.24) is 15.1 Å². The number of benzene rings is 2. The molecule has 0 aliphatic carbocycles. The van der Waals surface area contributed by atoms with Crippen molar-refractivity contribution in [2.24, 2.45) is 11.3 Å². The van der Waals surface area contributed by atoms with E-state index >= 15 is 0 Å². The van der Waals surface area contributed by atoms with Crippen LogP contribution in [0.15, 0.2) is 54.6 Å². The molecule has 0 saturated carbocycles. The maximum Gasteiger partial charge on any atom is 0.229 e. The fraction of sp³-hybridized carbons (Fsp3) is 0.483. The summed E-state index contributed by atoms with van der Waals surface area (Å²) in [5.41, 5.74) is 2.62. The van der Waals surface area contributed by atoms with Crippen LogP contribution in [0.3, 0.4) is 0 Å². The minimum Gasteiger partial charge on any atom is -0.349 e. The third-order valence-corrected chi connectivity index (χ3v) is 7.65. The van der Waals surface area contributed by atoms with Gasteiger partial charge < -0.3 is 15.1 Å². The van der Waals surface area contributed by atoms with Gasteiger partial charge in [-0.05, 0) is 62.0 Å². The largest absolute Gasteiger partial charge is 0.349 e. The van der Waals surface area contributed by atoms with Gasteiger partial charge in [0.1, 0.15) is 0 Å². The van der Waals surface area contributed by atoms with Crippen LogP contribution in [0.2, 0.25) is 0 Å². The van der Waals surface area contributed by atoms with E-state index < -0.39 is 0 Å². The summed E-state index contributed by atoms with van der Waals surface area (Å²) >= 11 is 0. The molecule has 2 saturated heterocycles. The molecule has 6 heteroatoms. The number of hydrogen-bond acceptors (Lipinski definition) is 4. The molecule has 35 heavy (non-hydrogen) atoms. The lowest BCUT2D eigenvalue weighted by Crippen LogP contribution is -2.45. The maximum absolute atomic E-state index is 13.4. The highest BCUT2D eigenvalue weighted by molar-refractivity contribution is 5.85. The number of nitrogens with one attached hydrogen (secondary N) is 1. The van der Waals surface area contributed by atoms with Gasteiger partial charge in [0.2, 0.25) is 11.8 Å². The number of nitriles is 1. The van der Waals surface area contributed by atoms with Gasteiger partial charge in [-0.3, -0.25) is 9.59 Å². The van der Waals surface area contributed by atoms with Crippen LogP contribution >= 0.6 is 0 Å². The Bertz CT molecular complexity index is 1050. The SMILES string of the molecule is CC(C)C(=O)NC(CCN1CCC2(CC1)CCN(Cc1ccc(C#N)cc1)C2=O)c1ccccc1. The van der Waals surface area contributed by atoms with E-state index in [1.54, 1.807) is 0 Å². The van der Waals surface area contributed by atoms with Crippen molar-refractivity contribution in [3.8, 4) is 6.07 Å². The number of nitrogens with zero attached hydrogens (tertiary/aromatic N) is 3. The lowest BCUT2D eigenvalue weighted by molar-refractivity contribution is -0.139. The Hall–Kier alpha value is -3.17. The first kappa shape index (κ1) is 24.9. The molecule has 4 rings (SSSR count). The van der Waals surface area contributed by atoms with Gasteiger partial charge >= 0.3 is 0 Å². The zero-order valence-electron chi connectivity index (χ0n) is 20.9. The summed E-state index contributed by atoms with van der Waals surface area (Å²) in [5.74, 6) is 0.319. The highest BCUT2D eigenvalue weighted by atomic mass is 16.2. The second-order valence-electron chi connectivity index (χ2n) is 10.3. The van der Waals surface area contributed by atoms with Crippen LogP contribution in [0.25, 0.3) is 0 Å². The lowest BCUT2D eigenvalue weighted by Gasteiger charge is -2.38. The minimum absolute atomic E-state index is 0.00184. The average molecular weight is 473 g/mol. The first-order chi connectivity index (χ1) is 16.9. The van der Waals surface area contributed by atoms with E-state index in [1.165, 1.54) is 0 Å². The van der Waals surface area contributed by atoms with E-state index in [-0.39, 0.29) is 29.2 Å². The van der Waals surface area contributed by atoms with Gasteiger partial charge in [-0.25, -0.2) is 0 Å². The quantitative estimate of drug-likeness (QED) is 0.622. The molecule has 1 atom stereocenters. The van der Waals surface area contributed by atoms with Gasteiger partial charge in [-0.2, -0.15) is 5.26 Å².